The van der Waals surface area contributed by atoms with Crippen molar-refractivity contribution < 1.29 is 22.0 Å². The van der Waals surface area contributed by atoms with Crippen LogP contribution in [0.3, 0.4) is 0 Å². The van der Waals surface area contributed by atoms with E-state index in [1.165, 1.54) is 48.7 Å². The van der Waals surface area contributed by atoms with E-state index in [4.69, 9.17) is 11.6 Å². The van der Waals surface area contributed by atoms with Crippen LogP contribution in [0.4, 0.5) is 14.5 Å². The first-order valence-corrected chi connectivity index (χ1v) is 11.7. The van der Waals surface area contributed by atoms with E-state index in [-0.39, 0.29) is 26.7 Å². The van der Waals surface area contributed by atoms with Crippen LogP contribution in [0.25, 0.3) is 0 Å². The lowest BCUT2D eigenvalue weighted by atomic mass is 10.1. The molecule has 0 atom stereocenters. The number of carbonyl (C=O) groups excluding carboxylic acids is 1. The Morgan fingerprint density at radius 1 is 1.19 bits per heavy atom. The highest BCUT2D eigenvalue weighted by Crippen LogP contribution is 2.34. The second-order valence-corrected chi connectivity index (χ2v) is 9.51. The largest absolute Gasteiger partial charge is 0.348 e. The van der Waals surface area contributed by atoms with Gasteiger partial charge in [0.1, 0.15) is 16.5 Å². The highest BCUT2D eigenvalue weighted by atomic mass is 35.5. The zero-order chi connectivity index (χ0) is 22.9. The first kappa shape index (κ1) is 22.2. The zero-order valence-corrected chi connectivity index (χ0v) is 18.5. The number of hydrogen-bond acceptors (Lipinski definition) is 6. The molecule has 12 heteroatoms. The van der Waals surface area contributed by atoms with Crippen LogP contribution in [0.5, 0.6) is 0 Å². The number of nitrogens with one attached hydrogen (secondary N) is 3. The predicted molar refractivity (Wildman–Crippen MR) is 119 cm³/mol. The lowest BCUT2D eigenvalue weighted by Crippen LogP contribution is -2.27. The minimum Gasteiger partial charge on any atom is -0.348 e. The third-order valence-electron chi connectivity index (χ3n) is 4.55. The molecule has 166 valence electrons. The Morgan fingerprint density at radius 2 is 1.94 bits per heavy atom. The van der Waals surface area contributed by atoms with E-state index in [9.17, 15) is 22.0 Å². The molecule has 2 aromatic carbocycles. The third kappa shape index (κ3) is 4.45. The molecule has 2 aromatic rings. The molecule has 2 heterocycles. The zero-order valence-electron chi connectivity index (χ0n) is 16.1. The smallest absolute Gasteiger partial charge is 0.264 e. The summed E-state index contributed by atoms with van der Waals surface area (Å²) in [5.41, 5.74) is -0.0425. The van der Waals surface area contributed by atoms with Gasteiger partial charge < -0.3 is 10.0 Å². The highest BCUT2D eigenvalue weighted by Gasteiger charge is 2.30. The molecule has 3 N–H and O–H groups in total. The van der Waals surface area contributed by atoms with E-state index < -0.39 is 34.1 Å². The number of carbonyl (C=O) groups is 1. The molecule has 0 saturated carbocycles. The molecule has 2 aliphatic rings. The monoisotopic (exact) mass is 496 g/mol. The Morgan fingerprint density at radius 3 is 2.69 bits per heavy atom. The lowest BCUT2D eigenvalue weighted by molar-refractivity contribution is 0.0951. The van der Waals surface area contributed by atoms with E-state index in [0.717, 1.165) is 12.1 Å². The standard InChI is InChI=1S/C20H15ClF2N4O3S2/c21-12-6-7-13(20(28)24-10-14-15(22)3-1-4-16(14)23)17(9-12)26-32(29,30)19-5-2-8-27-18(19)11-25-31-27/h1-9,11,25-26H,10H2,(H,24,28). The number of amides is 1. The molecule has 7 nitrogen and oxygen atoms in total. The summed E-state index contributed by atoms with van der Waals surface area (Å²) >= 11 is 7.21. The summed E-state index contributed by atoms with van der Waals surface area (Å²) < 4.78 is 60.7. The Kier molecular flexibility index (Phi) is 6.13. The normalized spacial score (nSPS) is 14.9. The van der Waals surface area contributed by atoms with Crippen LogP contribution >= 0.6 is 23.7 Å². The van der Waals surface area contributed by atoms with Crippen LogP contribution in [-0.4, -0.2) is 18.6 Å². The van der Waals surface area contributed by atoms with Crippen molar-refractivity contribution >= 4 is 45.4 Å². The molecule has 0 fully saturated rings. The third-order valence-corrected chi connectivity index (χ3v) is 6.94. The Labute approximate surface area is 192 Å². The van der Waals surface area contributed by atoms with Crippen molar-refractivity contribution in [3.63, 3.8) is 0 Å². The highest BCUT2D eigenvalue weighted by molar-refractivity contribution is 7.97. The van der Waals surface area contributed by atoms with Gasteiger partial charge in [-0.1, -0.05) is 17.7 Å². The molecular weight excluding hydrogens is 482 g/mol. The van der Waals surface area contributed by atoms with Gasteiger partial charge in [0.2, 0.25) is 0 Å². The van der Waals surface area contributed by atoms with Gasteiger partial charge in [0.15, 0.2) is 0 Å². The average Bonchev–Trinajstić information content (AvgIpc) is 3.22. The van der Waals surface area contributed by atoms with Gasteiger partial charge in [0.05, 0.1) is 29.1 Å². The Hall–Kier alpha value is -3.02. The molecule has 0 unspecified atom stereocenters. The molecule has 32 heavy (non-hydrogen) atoms. The van der Waals surface area contributed by atoms with Crippen molar-refractivity contribution in [3.8, 4) is 0 Å². The number of rotatable bonds is 6. The number of fused-ring (bicyclic) bond motifs is 1. The number of anilines is 1. The molecule has 0 aromatic heterocycles. The number of nitrogens with zero attached hydrogens (tertiary/aromatic N) is 1. The van der Waals surface area contributed by atoms with E-state index in [0.29, 0.717) is 5.70 Å². The van der Waals surface area contributed by atoms with Crippen molar-refractivity contribution in [3.05, 3.63) is 99.3 Å². The fraction of sp³-hybridized carbons (Fsp3) is 0.0500. The minimum atomic E-state index is -4.11. The lowest BCUT2D eigenvalue weighted by Gasteiger charge is -2.21. The molecule has 0 aliphatic carbocycles. The summed E-state index contributed by atoms with van der Waals surface area (Å²) in [5, 5.41) is 2.59. The van der Waals surface area contributed by atoms with Gasteiger partial charge in [0, 0.05) is 29.5 Å². The summed E-state index contributed by atoms with van der Waals surface area (Å²) in [7, 11) is -4.11. The summed E-state index contributed by atoms with van der Waals surface area (Å²) in [4.78, 5) is 12.7. The number of sulfonamides is 1. The fourth-order valence-corrected chi connectivity index (χ4v) is 5.17. The molecule has 0 saturated heterocycles. The number of hydrogen-bond donors (Lipinski definition) is 3. The summed E-state index contributed by atoms with van der Waals surface area (Å²) in [6.45, 7) is -0.424. The van der Waals surface area contributed by atoms with Gasteiger partial charge >= 0.3 is 0 Å². The molecule has 0 bridgehead atoms. The van der Waals surface area contributed by atoms with Crippen molar-refractivity contribution in [1.82, 2.24) is 14.3 Å². The van der Waals surface area contributed by atoms with E-state index in [2.05, 4.69) is 14.8 Å². The minimum absolute atomic E-state index is 0.0164. The second-order valence-electron chi connectivity index (χ2n) is 6.62. The van der Waals surface area contributed by atoms with Crippen molar-refractivity contribution in [2.24, 2.45) is 0 Å². The fourth-order valence-electron chi connectivity index (χ4n) is 3.03. The average molecular weight is 497 g/mol. The topological polar surface area (TPSA) is 90.5 Å². The van der Waals surface area contributed by atoms with Crippen molar-refractivity contribution in [2.45, 2.75) is 6.54 Å². The maximum absolute atomic E-state index is 13.8. The predicted octanol–water partition coefficient (Wildman–Crippen LogP) is 4.01. The van der Waals surface area contributed by atoms with Crippen LogP contribution in [0.1, 0.15) is 15.9 Å². The first-order valence-electron chi connectivity index (χ1n) is 9.10. The van der Waals surface area contributed by atoms with E-state index in [1.807, 2.05) is 0 Å². The number of benzene rings is 2. The first-order chi connectivity index (χ1) is 15.3. The van der Waals surface area contributed by atoms with Crippen LogP contribution in [0.2, 0.25) is 5.02 Å². The quantitative estimate of drug-likeness (QED) is 0.523. The molecular formula is C20H15ClF2N4O3S2. The maximum Gasteiger partial charge on any atom is 0.264 e. The second kappa shape index (κ2) is 8.85. The van der Waals surface area contributed by atoms with Gasteiger partial charge in [-0.25, -0.2) is 17.2 Å². The van der Waals surface area contributed by atoms with Crippen LogP contribution in [0.15, 0.2) is 71.6 Å². The summed E-state index contributed by atoms with van der Waals surface area (Å²) in [6.07, 6.45) is 6.22. The summed E-state index contributed by atoms with van der Waals surface area (Å²) in [6, 6.07) is 7.37. The van der Waals surface area contributed by atoms with Crippen molar-refractivity contribution in [1.29, 1.82) is 0 Å². The molecule has 0 radical (unpaired) electrons. The van der Waals surface area contributed by atoms with E-state index >= 15 is 0 Å². The SMILES string of the molecule is O=C(NCc1c(F)cccc1F)c1ccc(Cl)cc1NS(=O)(=O)C1=CC=CN2SNC=C12. The van der Waals surface area contributed by atoms with Gasteiger partial charge in [-0.15, -0.1) is 0 Å². The van der Waals surface area contributed by atoms with Crippen LogP contribution in [-0.2, 0) is 16.6 Å². The van der Waals surface area contributed by atoms with Crippen molar-refractivity contribution in [2.75, 3.05) is 4.72 Å². The van der Waals surface area contributed by atoms with E-state index in [1.54, 1.807) is 16.6 Å². The van der Waals surface area contributed by atoms with Crippen LogP contribution in [0, 0.1) is 11.6 Å². The molecule has 2 aliphatic heterocycles. The molecule has 1 amide bonds. The Bertz CT molecular complexity index is 1280. The van der Waals surface area contributed by atoms with Crippen LogP contribution < -0.4 is 14.8 Å². The number of halogens is 3. The van der Waals surface area contributed by atoms with Gasteiger partial charge in [-0.2, -0.15) is 0 Å². The Balaban J connectivity index is 1.59. The van der Waals surface area contributed by atoms with Gasteiger partial charge in [0.25, 0.3) is 15.9 Å². The molecule has 0 spiro atoms. The maximum atomic E-state index is 13.8. The summed E-state index contributed by atoms with van der Waals surface area (Å²) in [5.74, 6) is -2.35. The molecule has 4 rings (SSSR count). The van der Waals surface area contributed by atoms with Gasteiger partial charge in [-0.3, -0.25) is 13.8 Å². The van der Waals surface area contributed by atoms with Gasteiger partial charge in [-0.05, 0) is 42.5 Å². The number of allylic oxidation sites excluding steroid dienone is 2.